The van der Waals surface area contributed by atoms with E-state index in [4.69, 9.17) is 4.98 Å². The highest BCUT2D eigenvalue weighted by atomic mass is 15.2. The molecule has 0 radical (unpaired) electrons. The fraction of sp³-hybridized carbons (Fsp3) is 0.458. The van der Waals surface area contributed by atoms with Crippen molar-refractivity contribution in [3.63, 3.8) is 0 Å². The van der Waals surface area contributed by atoms with Gasteiger partial charge in [0.05, 0.1) is 11.0 Å². The second-order valence-electron chi connectivity index (χ2n) is 8.47. The van der Waals surface area contributed by atoms with E-state index in [1.54, 1.807) is 0 Å². The van der Waals surface area contributed by atoms with E-state index < -0.39 is 0 Å². The molecule has 1 aromatic heterocycles. The molecule has 0 saturated carbocycles. The molecule has 0 aliphatic carbocycles. The number of hydrogen-bond acceptors (Lipinski definition) is 3. The first kappa shape index (κ1) is 17.7. The van der Waals surface area contributed by atoms with Gasteiger partial charge in [0, 0.05) is 36.8 Å². The third-order valence-corrected chi connectivity index (χ3v) is 6.75. The molecule has 4 heteroatoms. The zero-order valence-electron chi connectivity index (χ0n) is 17.0. The van der Waals surface area contributed by atoms with Crippen LogP contribution in [0.25, 0.3) is 11.0 Å². The van der Waals surface area contributed by atoms with Gasteiger partial charge in [-0.05, 0) is 63.4 Å². The van der Waals surface area contributed by atoms with E-state index in [-0.39, 0.29) is 0 Å². The van der Waals surface area contributed by atoms with Gasteiger partial charge in [-0.3, -0.25) is 0 Å². The highest BCUT2D eigenvalue weighted by Crippen LogP contribution is 2.37. The topological polar surface area (TPSA) is 33.1 Å². The summed E-state index contributed by atoms with van der Waals surface area (Å²) in [7, 11) is 2.23. The lowest BCUT2D eigenvalue weighted by Gasteiger charge is -2.34. The maximum absolute atomic E-state index is 5.27. The minimum absolute atomic E-state index is 0.545. The summed E-state index contributed by atoms with van der Waals surface area (Å²) < 4.78 is 2.57. The lowest BCUT2D eigenvalue weighted by molar-refractivity contribution is 0.368. The SMILES string of the molecule is CC1CCc2c(ccc3c2nc(Cc2ccccc2)n3C2CCNCC2)N1C. The van der Waals surface area contributed by atoms with Crippen LogP contribution in [0.15, 0.2) is 42.5 Å². The Hall–Kier alpha value is -2.33. The molecule has 146 valence electrons. The molecule has 0 spiro atoms. The van der Waals surface area contributed by atoms with Gasteiger partial charge < -0.3 is 14.8 Å². The van der Waals surface area contributed by atoms with Crippen molar-refractivity contribution in [2.75, 3.05) is 25.0 Å². The molecule has 5 rings (SSSR count). The molecular formula is C24H30N4. The van der Waals surface area contributed by atoms with Gasteiger partial charge in [0.25, 0.3) is 0 Å². The van der Waals surface area contributed by atoms with E-state index in [0.29, 0.717) is 12.1 Å². The van der Waals surface area contributed by atoms with Gasteiger partial charge in [0.1, 0.15) is 5.82 Å². The quantitative estimate of drug-likeness (QED) is 0.741. The van der Waals surface area contributed by atoms with Crippen LogP contribution in [0, 0.1) is 0 Å². The normalized spacial score (nSPS) is 20.5. The largest absolute Gasteiger partial charge is 0.372 e. The average molecular weight is 375 g/mol. The summed E-state index contributed by atoms with van der Waals surface area (Å²) in [5.74, 6) is 1.22. The molecule has 3 aromatic rings. The van der Waals surface area contributed by atoms with Gasteiger partial charge in [0.15, 0.2) is 0 Å². The molecule has 2 aromatic carbocycles. The van der Waals surface area contributed by atoms with E-state index in [0.717, 1.165) is 25.9 Å². The van der Waals surface area contributed by atoms with Crippen molar-refractivity contribution >= 4 is 16.7 Å². The Morgan fingerprint density at radius 3 is 2.61 bits per heavy atom. The number of piperidine rings is 1. The minimum Gasteiger partial charge on any atom is -0.372 e. The van der Waals surface area contributed by atoms with Crippen LogP contribution in [-0.2, 0) is 12.8 Å². The molecule has 1 atom stereocenters. The summed E-state index contributed by atoms with van der Waals surface area (Å²) in [6, 6.07) is 16.6. The molecule has 4 nitrogen and oxygen atoms in total. The van der Waals surface area contributed by atoms with Gasteiger partial charge in [-0.15, -0.1) is 0 Å². The second-order valence-corrected chi connectivity index (χ2v) is 8.47. The van der Waals surface area contributed by atoms with Crippen molar-refractivity contribution in [3.05, 3.63) is 59.4 Å². The first-order valence-corrected chi connectivity index (χ1v) is 10.7. The Labute approximate surface area is 167 Å². The Morgan fingerprint density at radius 2 is 1.82 bits per heavy atom. The van der Waals surface area contributed by atoms with E-state index in [1.807, 2.05) is 0 Å². The van der Waals surface area contributed by atoms with Crippen molar-refractivity contribution in [2.24, 2.45) is 0 Å². The predicted molar refractivity (Wildman–Crippen MR) is 116 cm³/mol. The van der Waals surface area contributed by atoms with E-state index in [9.17, 15) is 0 Å². The molecule has 1 N–H and O–H groups in total. The maximum Gasteiger partial charge on any atom is 0.114 e. The number of nitrogens with one attached hydrogen (secondary N) is 1. The first-order valence-electron chi connectivity index (χ1n) is 10.7. The molecule has 1 unspecified atom stereocenters. The number of aromatic nitrogens is 2. The second kappa shape index (κ2) is 7.25. The Bertz CT molecular complexity index is 969. The highest BCUT2D eigenvalue weighted by molar-refractivity contribution is 5.86. The number of nitrogens with zero attached hydrogens (tertiary/aromatic N) is 3. The van der Waals surface area contributed by atoms with Crippen LogP contribution in [0.5, 0.6) is 0 Å². The van der Waals surface area contributed by atoms with Gasteiger partial charge in [-0.25, -0.2) is 4.98 Å². The van der Waals surface area contributed by atoms with Gasteiger partial charge in [0.2, 0.25) is 0 Å². The van der Waals surface area contributed by atoms with Crippen LogP contribution in [0.2, 0.25) is 0 Å². The van der Waals surface area contributed by atoms with Crippen LogP contribution in [0.1, 0.15) is 49.2 Å². The molecule has 0 bridgehead atoms. The summed E-state index contributed by atoms with van der Waals surface area (Å²) >= 11 is 0. The first-order chi connectivity index (χ1) is 13.7. The molecule has 1 fully saturated rings. The number of imidazole rings is 1. The maximum atomic E-state index is 5.27. The smallest absolute Gasteiger partial charge is 0.114 e. The lowest BCUT2D eigenvalue weighted by Crippen LogP contribution is -2.33. The minimum atomic E-state index is 0.545. The molecule has 2 aliphatic heterocycles. The van der Waals surface area contributed by atoms with Crippen LogP contribution >= 0.6 is 0 Å². The van der Waals surface area contributed by atoms with Gasteiger partial charge >= 0.3 is 0 Å². The van der Waals surface area contributed by atoms with E-state index >= 15 is 0 Å². The predicted octanol–water partition coefficient (Wildman–Crippen LogP) is 4.32. The molecule has 0 amide bonds. The van der Waals surface area contributed by atoms with Crippen molar-refractivity contribution in [3.8, 4) is 0 Å². The van der Waals surface area contributed by atoms with E-state index in [2.05, 4.69) is 71.2 Å². The number of aryl methyl sites for hydroxylation is 1. The summed E-state index contributed by atoms with van der Waals surface area (Å²) in [6.07, 6.45) is 5.60. The van der Waals surface area contributed by atoms with Crippen LogP contribution in [0.4, 0.5) is 5.69 Å². The standard InChI is InChI=1S/C24H30N4/c1-17-8-9-20-21(27(17)2)10-11-22-24(20)26-23(16-18-6-4-3-5-7-18)28(22)19-12-14-25-15-13-19/h3-7,10-11,17,19,25H,8-9,12-16H2,1-2H3. The molecule has 3 heterocycles. The summed E-state index contributed by atoms with van der Waals surface area (Å²) in [4.78, 5) is 7.70. The van der Waals surface area contributed by atoms with Crippen molar-refractivity contribution in [2.45, 2.75) is 51.1 Å². The number of anilines is 1. The number of fused-ring (bicyclic) bond motifs is 3. The fourth-order valence-electron chi connectivity index (χ4n) is 4.99. The van der Waals surface area contributed by atoms with Gasteiger partial charge in [-0.1, -0.05) is 30.3 Å². The fourth-order valence-corrected chi connectivity index (χ4v) is 4.99. The third-order valence-electron chi connectivity index (χ3n) is 6.75. The van der Waals surface area contributed by atoms with Crippen molar-refractivity contribution in [1.82, 2.24) is 14.9 Å². The monoisotopic (exact) mass is 374 g/mol. The van der Waals surface area contributed by atoms with Crippen LogP contribution in [-0.4, -0.2) is 35.7 Å². The van der Waals surface area contributed by atoms with Crippen molar-refractivity contribution < 1.29 is 0 Å². The summed E-state index contributed by atoms with van der Waals surface area (Å²) in [5.41, 5.74) is 6.72. The van der Waals surface area contributed by atoms with Crippen molar-refractivity contribution in [1.29, 1.82) is 0 Å². The molecule has 1 saturated heterocycles. The van der Waals surface area contributed by atoms with E-state index in [1.165, 1.54) is 52.9 Å². The third kappa shape index (κ3) is 3.00. The zero-order valence-corrected chi connectivity index (χ0v) is 17.0. The number of hydrogen-bond donors (Lipinski definition) is 1. The summed E-state index contributed by atoms with van der Waals surface area (Å²) in [5, 5.41) is 3.51. The summed E-state index contributed by atoms with van der Waals surface area (Å²) in [6.45, 7) is 4.52. The number of rotatable bonds is 3. The molecule has 2 aliphatic rings. The number of benzene rings is 2. The van der Waals surface area contributed by atoms with Crippen LogP contribution < -0.4 is 10.2 Å². The van der Waals surface area contributed by atoms with Crippen LogP contribution in [0.3, 0.4) is 0 Å². The average Bonchev–Trinajstić information content (AvgIpc) is 3.10. The Morgan fingerprint density at radius 1 is 1.04 bits per heavy atom. The Balaban J connectivity index is 1.66. The highest BCUT2D eigenvalue weighted by Gasteiger charge is 2.27. The van der Waals surface area contributed by atoms with Gasteiger partial charge in [-0.2, -0.15) is 0 Å². The molecular weight excluding hydrogens is 344 g/mol. The lowest BCUT2D eigenvalue weighted by atomic mass is 9.96. The molecule has 28 heavy (non-hydrogen) atoms. The zero-order chi connectivity index (χ0) is 19.1. The Kier molecular flexibility index (Phi) is 4.59.